The van der Waals surface area contributed by atoms with E-state index in [9.17, 15) is 14.4 Å². The molecule has 0 unspecified atom stereocenters. The smallest absolute Gasteiger partial charge is 0.266 e. The summed E-state index contributed by atoms with van der Waals surface area (Å²) in [5, 5.41) is 7.30. The van der Waals surface area contributed by atoms with E-state index in [1.807, 2.05) is 0 Å². The van der Waals surface area contributed by atoms with Crippen LogP contribution in [0.3, 0.4) is 0 Å². The molecule has 3 rings (SSSR count). The standard InChI is InChI=1S/C15H18N6O3/c22-13(7-10-8-14(23)19-20-15(10)24)18-11-1-5-21(6-2-11)12-9-16-3-4-17-12/h3-4,8-9,11H,1-2,5-7H2,(H,18,22)(H,19,23)(H,20,24). The number of carbonyl (C=O) groups is 1. The molecule has 0 radical (unpaired) electrons. The van der Waals surface area contributed by atoms with Crippen molar-refractivity contribution in [1.29, 1.82) is 0 Å². The molecular formula is C15H18N6O3. The predicted octanol–water partition coefficient (Wildman–Crippen LogP) is -0.819. The van der Waals surface area contributed by atoms with Gasteiger partial charge in [0.25, 0.3) is 11.1 Å². The Hall–Kier alpha value is -2.97. The van der Waals surface area contributed by atoms with E-state index in [4.69, 9.17) is 0 Å². The average molecular weight is 330 g/mol. The molecule has 24 heavy (non-hydrogen) atoms. The van der Waals surface area contributed by atoms with Gasteiger partial charge >= 0.3 is 0 Å². The molecule has 3 heterocycles. The van der Waals surface area contributed by atoms with Crippen LogP contribution >= 0.6 is 0 Å². The van der Waals surface area contributed by atoms with Crippen molar-refractivity contribution in [2.45, 2.75) is 25.3 Å². The Bertz CT molecular complexity index is 808. The number of aromatic nitrogens is 4. The van der Waals surface area contributed by atoms with Gasteiger partial charge in [-0.15, -0.1) is 0 Å². The fourth-order valence-electron chi connectivity index (χ4n) is 2.75. The van der Waals surface area contributed by atoms with Crippen LogP contribution in [-0.4, -0.2) is 45.2 Å². The van der Waals surface area contributed by atoms with Crippen molar-refractivity contribution < 1.29 is 4.79 Å². The molecule has 9 nitrogen and oxygen atoms in total. The van der Waals surface area contributed by atoms with Crippen molar-refractivity contribution in [3.63, 3.8) is 0 Å². The monoisotopic (exact) mass is 330 g/mol. The molecule has 2 aromatic rings. The maximum absolute atomic E-state index is 12.1. The van der Waals surface area contributed by atoms with E-state index in [2.05, 4.69) is 30.4 Å². The fourth-order valence-corrected chi connectivity index (χ4v) is 2.75. The van der Waals surface area contributed by atoms with Crippen LogP contribution in [0.15, 0.2) is 34.2 Å². The minimum Gasteiger partial charge on any atom is -0.355 e. The molecule has 0 spiro atoms. The second kappa shape index (κ2) is 7.07. The number of nitrogens with zero attached hydrogens (tertiary/aromatic N) is 3. The first-order chi connectivity index (χ1) is 11.6. The summed E-state index contributed by atoms with van der Waals surface area (Å²) < 4.78 is 0. The van der Waals surface area contributed by atoms with Crippen LogP contribution in [0, 0.1) is 0 Å². The lowest BCUT2D eigenvalue weighted by Crippen LogP contribution is -2.45. The summed E-state index contributed by atoms with van der Waals surface area (Å²) in [6.45, 7) is 1.55. The molecule has 0 atom stereocenters. The van der Waals surface area contributed by atoms with Crippen LogP contribution in [0.4, 0.5) is 5.82 Å². The molecule has 1 amide bonds. The van der Waals surface area contributed by atoms with Crippen molar-refractivity contribution in [2.24, 2.45) is 0 Å². The molecule has 1 saturated heterocycles. The average Bonchev–Trinajstić information content (AvgIpc) is 2.59. The number of anilines is 1. The minimum absolute atomic E-state index is 0.0477. The molecule has 0 aromatic carbocycles. The number of aromatic amines is 2. The summed E-state index contributed by atoms with van der Waals surface area (Å²) in [5.41, 5.74) is -0.731. The summed E-state index contributed by atoms with van der Waals surface area (Å²) in [6.07, 6.45) is 6.47. The molecule has 0 bridgehead atoms. The van der Waals surface area contributed by atoms with Gasteiger partial charge in [0.15, 0.2) is 0 Å². The Balaban J connectivity index is 1.52. The van der Waals surface area contributed by atoms with E-state index in [0.717, 1.165) is 37.8 Å². The van der Waals surface area contributed by atoms with Crippen LogP contribution in [-0.2, 0) is 11.2 Å². The van der Waals surface area contributed by atoms with Crippen molar-refractivity contribution in [2.75, 3.05) is 18.0 Å². The Morgan fingerprint density at radius 1 is 1.25 bits per heavy atom. The second-order valence-corrected chi connectivity index (χ2v) is 5.68. The zero-order chi connectivity index (χ0) is 16.9. The largest absolute Gasteiger partial charge is 0.355 e. The third kappa shape index (κ3) is 3.86. The lowest BCUT2D eigenvalue weighted by Gasteiger charge is -2.32. The lowest BCUT2D eigenvalue weighted by atomic mass is 10.0. The number of hydrogen-bond acceptors (Lipinski definition) is 6. The van der Waals surface area contributed by atoms with Crippen molar-refractivity contribution in [3.8, 4) is 0 Å². The Morgan fingerprint density at radius 2 is 2.04 bits per heavy atom. The Labute approximate surface area is 137 Å². The summed E-state index contributed by atoms with van der Waals surface area (Å²) in [5.74, 6) is 0.571. The van der Waals surface area contributed by atoms with Crippen LogP contribution in [0.1, 0.15) is 18.4 Å². The number of piperidine rings is 1. The van der Waals surface area contributed by atoms with Crippen LogP contribution in [0.25, 0.3) is 0 Å². The van der Waals surface area contributed by atoms with Crippen molar-refractivity contribution >= 4 is 11.7 Å². The number of rotatable bonds is 4. The van der Waals surface area contributed by atoms with Gasteiger partial charge in [0.2, 0.25) is 5.91 Å². The van der Waals surface area contributed by atoms with Gasteiger partial charge in [0, 0.05) is 43.2 Å². The molecule has 126 valence electrons. The zero-order valence-corrected chi connectivity index (χ0v) is 13.0. The maximum Gasteiger partial charge on any atom is 0.266 e. The summed E-state index contributed by atoms with van der Waals surface area (Å²) in [6, 6.07) is 1.20. The number of H-pyrrole nitrogens is 2. The first kappa shape index (κ1) is 15.9. The second-order valence-electron chi connectivity index (χ2n) is 5.68. The van der Waals surface area contributed by atoms with Gasteiger partial charge in [-0.1, -0.05) is 0 Å². The van der Waals surface area contributed by atoms with E-state index >= 15 is 0 Å². The zero-order valence-electron chi connectivity index (χ0n) is 13.0. The highest BCUT2D eigenvalue weighted by Crippen LogP contribution is 2.16. The van der Waals surface area contributed by atoms with E-state index < -0.39 is 11.1 Å². The quantitative estimate of drug-likeness (QED) is 0.673. The third-order valence-corrected chi connectivity index (χ3v) is 3.98. The van der Waals surface area contributed by atoms with Gasteiger partial charge in [0.1, 0.15) is 5.82 Å². The molecular weight excluding hydrogens is 312 g/mol. The molecule has 9 heteroatoms. The van der Waals surface area contributed by atoms with Crippen molar-refractivity contribution in [1.82, 2.24) is 25.5 Å². The van der Waals surface area contributed by atoms with Crippen LogP contribution in [0.2, 0.25) is 0 Å². The Kier molecular flexibility index (Phi) is 4.69. The number of amides is 1. The van der Waals surface area contributed by atoms with Gasteiger partial charge in [-0.25, -0.2) is 4.98 Å². The summed E-state index contributed by atoms with van der Waals surface area (Å²) >= 11 is 0. The first-order valence-corrected chi connectivity index (χ1v) is 7.73. The molecule has 1 aliphatic rings. The summed E-state index contributed by atoms with van der Waals surface area (Å²) in [4.78, 5) is 45.3. The van der Waals surface area contributed by atoms with Crippen molar-refractivity contribution in [3.05, 3.63) is 50.9 Å². The van der Waals surface area contributed by atoms with E-state index in [1.54, 1.807) is 18.6 Å². The molecule has 0 saturated carbocycles. The highest BCUT2D eigenvalue weighted by molar-refractivity contribution is 5.78. The minimum atomic E-state index is -0.456. The molecule has 3 N–H and O–H groups in total. The highest BCUT2D eigenvalue weighted by atomic mass is 16.2. The van der Waals surface area contributed by atoms with Crippen LogP contribution in [0.5, 0.6) is 0 Å². The summed E-state index contributed by atoms with van der Waals surface area (Å²) in [7, 11) is 0. The Morgan fingerprint density at radius 3 is 2.75 bits per heavy atom. The molecule has 0 aliphatic carbocycles. The van der Waals surface area contributed by atoms with E-state index in [1.165, 1.54) is 0 Å². The van der Waals surface area contributed by atoms with Gasteiger partial charge in [-0.3, -0.25) is 29.6 Å². The van der Waals surface area contributed by atoms with Gasteiger partial charge in [0.05, 0.1) is 12.6 Å². The number of carbonyl (C=O) groups excluding carboxylic acids is 1. The van der Waals surface area contributed by atoms with E-state index in [-0.39, 0.29) is 23.9 Å². The molecule has 2 aromatic heterocycles. The maximum atomic E-state index is 12.1. The van der Waals surface area contributed by atoms with Gasteiger partial charge < -0.3 is 10.2 Å². The van der Waals surface area contributed by atoms with E-state index in [0.29, 0.717) is 0 Å². The molecule has 1 fully saturated rings. The normalized spacial score (nSPS) is 15.2. The lowest BCUT2D eigenvalue weighted by molar-refractivity contribution is -0.121. The SMILES string of the molecule is O=C(Cc1cc(=O)[nH][nH]c1=O)NC1CCN(c2cnccn2)CC1. The van der Waals surface area contributed by atoms with Gasteiger partial charge in [-0.05, 0) is 12.8 Å². The third-order valence-electron chi connectivity index (χ3n) is 3.98. The predicted molar refractivity (Wildman–Crippen MR) is 86.8 cm³/mol. The first-order valence-electron chi connectivity index (χ1n) is 7.73. The molecule has 1 aliphatic heterocycles. The van der Waals surface area contributed by atoms with Gasteiger partial charge in [-0.2, -0.15) is 0 Å². The number of nitrogens with one attached hydrogen (secondary N) is 3. The topological polar surface area (TPSA) is 124 Å². The number of hydrogen-bond donors (Lipinski definition) is 3. The van der Waals surface area contributed by atoms with Crippen LogP contribution < -0.4 is 21.3 Å². The highest BCUT2D eigenvalue weighted by Gasteiger charge is 2.22. The fraction of sp³-hybridized carbons (Fsp3) is 0.400.